The van der Waals surface area contributed by atoms with Crippen LogP contribution >= 0.6 is 11.8 Å². The number of benzene rings is 1. The van der Waals surface area contributed by atoms with Crippen molar-refractivity contribution in [1.82, 2.24) is 25.8 Å². The van der Waals surface area contributed by atoms with Crippen LogP contribution in [0, 0.1) is 0 Å². The van der Waals surface area contributed by atoms with Gasteiger partial charge in [0.15, 0.2) is 5.82 Å². The number of thioether (sulfide) groups is 1. The highest BCUT2D eigenvalue weighted by Gasteiger charge is 2.22. The van der Waals surface area contributed by atoms with Gasteiger partial charge in [0.1, 0.15) is 11.5 Å². The Morgan fingerprint density at radius 2 is 1.97 bits per heavy atom. The Morgan fingerprint density at radius 3 is 2.67 bits per heavy atom. The van der Waals surface area contributed by atoms with Crippen molar-refractivity contribution in [2.75, 3.05) is 14.2 Å². The van der Waals surface area contributed by atoms with Crippen LogP contribution in [-0.2, 0) is 4.79 Å². The Hall–Kier alpha value is -2.75. The molecule has 0 saturated heterocycles. The molecule has 0 spiro atoms. The van der Waals surface area contributed by atoms with Crippen LogP contribution in [0.3, 0.4) is 0 Å². The number of urea groups is 1. The molecule has 1 fully saturated rings. The highest BCUT2D eigenvalue weighted by Crippen LogP contribution is 2.32. The molecule has 0 aliphatic heterocycles. The third-order valence-corrected chi connectivity index (χ3v) is 5.92. The van der Waals surface area contributed by atoms with Crippen molar-refractivity contribution in [2.24, 2.45) is 0 Å². The fourth-order valence-electron chi connectivity index (χ4n) is 3.31. The molecule has 9 nitrogen and oxygen atoms in total. The lowest BCUT2D eigenvalue weighted by atomic mass is 9.96. The number of H-pyrrole nitrogens is 1. The van der Waals surface area contributed by atoms with Crippen LogP contribution in [0.2, 0.25) is 0 Å². The molecular formula is C20H27N5O4S. The second-order valence-electron chi connectivity index (χ2n) is 7.09. The van der Waals surface area contributed by atoms with Crippen LogP contribution in [0.15, 0.2) is 23.4 Å². The maximum Gasteiger partial charge on any atom is 0.321 e. The van der Waals surface area contributed by atoms with E-state index in [1.165, 1.54) is 18.2 Å². The Labute approximate surface area is 179 Å². The first-order chi connectivity index (χ1) is 14.5. The molecule has 1 saturated carbocycles. The van der Waals surface area contributed by atoms with Crippen molar-refractivity contribution in [2.45, 2.75) is 55.5 Å². The van der Waals surface area contributed by atoms with E-state index in [9.17, 15) is 9.59 Å². The largest absolute Gasteiger partial charge is 0.497 e. The third-order valence-electron chi connectivity index (χ3n) is 4.96. The third kappa shape index (κ3) is 5.65. The second-order valence-corrected chi connectivity index (χ2v) is 8.40. The molecule has 0 bridgehead atoms. The maximum absolute atomic E-state index is 12.4. The molecule has 10 heteroatoms. The van der Waals surface area contributed by atoms with Crippen LogP contribution in [0.25, 0.3) is 11.4 Å². The number of aromatic amines is 1. The summed E-state index contributed by atoms with van der Waals surface area (Å²) in [5.41, 5.74) is 0.724. The van der Waals surface area contributed by atoms with E-state index in [1.54, 1.807) is 33.3 Å². The predicted octanol–water partition coefficient (Wildman–Crippen LogP) is 3.13. The number of imide groups is 1. The summed E-state index contributed by atoms with van der Waals surface area (Å²) in [6.07, 6.45) is 5.34. The summed E-state index contributed by atoms with van der Waals surface area (Å²) >= 11 is 1.17. The summed E-state index contributed by atoms with van der Waals surface area (Å²) in [5.74, 6) is 1.38. The van der Waals surface area contributed by atoms with Gasteiger partial charge in [-0.1, -0.05) is 31.0 Å². The van der Waals surface area contributed by atoms with Gasteiger partial charge in [0.2, 0.25) is 11.1 Å². The van der Waals surface area contributed by atoms with Gasteiger partial charge in [-0.2, -0.15) is 0 Å². The quantitative estimate of drug-likeness (QED) is 0.574. The number of hydrogen-bond acceptors (Lipinski definition) is 7. The van der Waals surface area contributed by atoms with Gasteiger partial charge in [-0.15, -0.1) is 5.10 Å². The van der Waals surface area contributed by atoms with Crippen molar-refractivity contribution >= 4 is 23.7 Å². The molecule has 1 aliphatic rings. The van der Waals surface area contributed by atoms with Gasteiger partial charge >= 0.3 is 6.03 Å². The molecule has 2 aromatic rings. The average Bonchev–Trinajstić information content (AvgIpc) is 3.21. The predicted molar refractivity (Wildman–Crippen MR) is 114 cm³/mol. The average molecular weight is 434 g/mol. The number of rotatable bonds is 7. The first-order valence-electron chi connectivity index (χ1n) is 9.93. The minimum atomic E-state index is -0.538. The number of amides is 3. The monoisotopic (exact) mass is 433 g/mol. The number of ether oxygens (including phenoxy) is 2. The molecule has 1 atom stereocenters. The van der Waals surface area contributed by atoms with Crippen LogP contribution in [-0.4, -0.2) is 52.6 Å². The molecule has 1 aromatic carbocycles. The van der Waals surface area contributed by atoms with Crippen molar-refractivity contribution in [3.8, 4) is 22.9 Å². The smallest absolute Gasteiger partial charge is 0.321 e. The lowest BCUT2D eigenvalue weighted by molar-refractivity contribution is -0.119. The number of hydrogen-bond donors (Lipinski definition) is 3. The van der Waals surface area contributed by atoms with Gasteiger partial charge in [0, 0.05) is 12.1 Å². The van der Waals surface area contributed by atoms with E-state index in [-0.39, 0.29) is 11.9 Å². The Bertz CT molecular complexity index is 882. The minimum Gasteiger partial charge on any atom is -0.497 e. The molecule has 3 amide bonds. The zero-order valence-electron chi connectivity index (χ0n) is 17.4. The molecule has 162 valence electrons. The number of nitrogens with one attached hydrogen (secondary N) is 3. The van der Waals surface area contributed by atoms with Gasteiger partial charge in [0.05, 0.1) is 25.0 Å². The van der Waals surface area contributed by atoms with E-state index in [0.29, 0.717) is 22.5 Å². The van der Waals surface area contributed by atoms with Crippen molar-refractivity contribution in [3.63, 3.8) is 0 Å². The number of nitrogens with zero attached hydrogens (tertiary/aromatic N) is 2. The number of aromatic nitrogens is 3. The summed E-state index contributed by atoms with van der Waals surface area (Å²) < 4.78 is 10.6. The molecule has 1 heterocycles. The normalized spacial score (nSPS) is 15.3. The molecule has 1 aromatic heterocycles. The highest BCUT2D eigenvalue weighted by molar-refractivity contribution is 8.00. The van der Waals surface area contributed by atoms with Gasteiger partial charge in [-0.3, -0.25) is 15.2 Å². The highest BCUT2D eigenvalue weighted by atomic mass is 32.2. The summed E-state index contributed by atoms with van der Waals surface area (Å²) in [5, 5.41) is 12.2. The second kappa shape index (κ2) is 10.3. The lowest BCUT2D eigenvalue weighted by Crippen LogP contribution is -2.47. The number of methoxy groups -OCH3 is 2. The fourth-order valence-corrected chi connectivity index (χ4v) is 4.03. The van der Waals surface area contributed by atoms with Gasteiger partial charge in [0.25, 0.3) is 0 Å². The Kier molecular flexibility index (Phi) is 7.56. The van der Waals surface area contributed by atoms with Crippen LogP contribution in [0.5, 0.6) is 11.5 Å². The summed E-state index contributed by atoms with van der Waals surface area (Å²) in [4.78, 5) is 28.9. The topological polar surface area (TPSA) is 118 Å². The summed E-state index contributed by atoms with van der Waals surface area (Å²) in [6.45, 7) is 1.71. The molecule has 3 rings (SSSR count). The standard InChI is InChI=1S/C20H27N5O4S/c1-12(18(26)23-19(27)21-13-7-5-4-6-8-13)30-20-22-17(24-25-20)15-10-9-14(28-2)11-16(15)29-3/h9-13H,4-8H2,1-3H3,(H,22,24,25)(H2,21,23,26,27). The van der Waals surface area contributed by atoms with Crippen LogP contribution in [0.4, 0.5) is 4.79 Å². The molecule has 3 N–H and O–H groups in total. The SMILES string of the molecule is COc1ccc(-c2nc(SC(C)C(=O)NC(=O)NC3CCCCC3)n[nH]2)c(OC)c1. The molecular weight excluding hydrogens is 406 g/mol. The summed E-state index contributed by atoms with van der Waals surface area (Å²) in [7, 11) is 3.15. The van der Waals surface area contributed by atoms with E-state index in [4.69, 9.17) is 9.47 Å². The van der Waals surface area contributed by atoms with Crippen LogP contribution < -0.4 is 20.1 Å². The number of carbonyl (C=O) groups is 2. The first-order valence-corrected chi connectivity index (χ1v) is 10.8. The van der Waals surface area contributed by atoms with E-state index < -0.39 is 11.3 Å². The van der Waals surface area contributed by atoms with E-state index >= 15 is 0 Å². The van der Waals surface area contributed by atoms with Crippen molar-refractivity contribution in [1.29, 1.82) is 0 Å². The van der Waals surface area contributed by atoms with E-state index in [0.717, 1.165) is 31.2 Å². The Balaban J connectivity index is 1.57. The molecule has 0 radical (unpaired) electrons. The maximum atomic E-state index is 12.4. The van der Waals surface area contributed by atoms with Crippen molar-refractivity contribution < 1.29 is 19.1 Å². The van der Waals surface area contributed by atoms with Crippen molar-refractivity contribution in [3.05, 3.63) is 18.2 Å². The summed E-state index contributed by atoms with van der Waals surface area (Å²) in [6, 6.07) is 5.07. The molecule has 1 aliphatic carbocycles. The fraction of sp³-hybridized carbons (Fsp3) is 0.500. The van der Waals surface area contributed by atoms with E-state index in [1.807, 2.05) is 6.07 Å². The zero-order valence-corrected chi connectivity index (χ0v) is 18.2. The first kappa shape index (κ1) is 21.9. The zero-order chi connectivity index (χ0) is 21.5. The van der Waals surface area contributed by atoms with Gasteiger partial charge < -0.3 is 14.8 Å². The van der Waals surface area contributed by atoms with Gasteiger partial charge in [-0.25, -0.2) is 9.78 Å². The van der Waals surface area contributed by atoms with E-state index in [2.05, 4.69) is 25.8 Å². The minimum absolute atomic E-state index is 0.143. The Morgan fingerprint density at radius 1 is 1.20 bits per heavy atom. The number of carbonyl (C=O) groups excluding carboxylic acids is 2. The molecule has 1 unspecified atom stereocenters. The van der Waals surface area contributed by atoms with Gasteiger partial charge in [-0.05, 0) is 31.9 Å². The van der Waals surface area contributed by atoms with Crippen LogP contribution in [0.1, 0.15) is 39.0 Å². The lowest BCUT2D eigenvalue weighted by Gasteiger charge is -2.22. The molecule has 30 heavy (non-hydrogen) atoms.